The van der Waals surface area contributed by atoms with Crippen molar-refractivity contribution in [3.05, 3.63) is 64.9 Å². The Morgan fingerprint density at radius 1 is 1.26 bits per heavy atom. The monoisotopic (exact) mass is 385 g/mol. The van der Waals surface area contributed by atoms with Crippen LogP contribution in [0, 0.1) is 5.92 Å². The Labute approximate surface area is 164 Å². The van der Waals surface area contributed by atoms with E-state index < -0.39 is 0 Å². The van der Waals surface area contributed by atoms with E-state index in [-0.39, 0.29) is 17.7 Å². The lowest BCUT2D eigenvalue weighted by Gasteiger charge is -2.34. The van der Waals surface area contributed by atoms with Gasteiger partial charge in [0, 0.05) is 50.5 Å². The lowest BCUT2D eigenvalue weighted by molar-refractivity contribution is -0.142. The maximum atomic E-state index is 12.8. The van der Waals surface area contributed by atoms with Gasteiger partial charge in [0.2, 0.25) is 11.8 Å². The molecule has 1 aromatic heterocycles. The largest absolute Gasteiger partial charge is 0.342 e. The van der Waals surface area contributed by atoms with Crippen LogP contribution in [0.25, 0.3) is 0 Å². The van der Waals surface area contributed by atoms with E-state index in [4.69, 9.17) is 11.6 Å². The third kappa shape index (κ3) is 5.30. The fourth-order valence-corrected chi connectivity index (χ4v) is 3.53. The maximum absolute atomic E-state index is 12.8. The van der Waals surface area contributed by atoms with Gasteiger partial charge in [-0.15, -0.1) is 0 Å². The molecule has 0 saturated carbocycles. The van der Waals surface area contributed by atoms with Gasteiger partial charge in [0.25, 0.3) is 0 Å². The van der Waals surface area contributed by atoms with Crippen molar-refractivity contribution in [2.24, 2.45) is 5.92 Å². The van der Waals surface area contributed by atoms with E-state index in [9.17, 15) is 9.59 Å². The lowest BCUT2D eigenvalue weighted by Crippen LogP contribution is -2.46. The average Bonchev–Trinajstić information content (AvgIpc) is 2.69. The minimum Gasteiger partial charge on any atom is -0.342 e. The normalized spacial score (nSPS) is 17.0. The molecule has 5 nitrogen and oxygen atoms in total. The standard InChI is InChI=1S/C21H24ClN3O2/c1-24(14-17-3-2-11-23-13-17)21(27)18-6-9-20(26)25(15-18)12-10-16-4-7-19(22)8-5-16/h2-5,7-8,11,13,18H,6,9-10,12,14-15H2,1H3/t18-/m0/s1. The Balaban J connectivity index is 1.56. The second-order valence-corrected chi connectivity index (χ2v) is 7.44. The first-order valence-corrected chi connectivity index (χ1v) is 9.57. The number of carbonyl (C=O) groups excluding carboxylic acids is 2. The van der Waals surface area contributed by atoms with Crippen LogP contribution in [-0.2, 0) is 22.6 Å². The van der Waals surface area contributed by atoms with Crippen LogP contribution in [0.5, 0.6) is 0 Å². The minimum atomic E-state index is -0.144. The van der Waals surface area contributed by atoms with Crippen molar-refractivity contribution in [2.45, 2.75) is 25.8 Å². The highest BCUT2D eigenvalue weighted by molar-refractivity contribution is 6.30. The third-order valence-electron chi connectivity index (χ3n) is 4.95. The highest BCUT2D eigenvalue weighted by atomic mass is 35.5. The summed E-state index contributed by atoms with van der Waals surface area (Å²) in [6, 6.07) is 11.5. The summed E-state index contributed by atoms with van der Waals surface area (Å²) in [6.07, 6.45) is 5.29. The molecule has 1 atom stereocenters. The molecule has 1 aromatic carbocycles. The van der Waals surface area contributed by atoms with Crippen molar-refractivity contribution < 1.29 is 9.59 Å². The zero-order valence-electron chi connectivity index (χ0n) is 15.5. The number of pyridine rings is 1. The summed E-state index contributed by atoms with van der Waals surface area (Å²) in [4.78, 5) is 32.7. The molecule has 6 heteroatoms. The molecule has 27 heavy (non-hydrogen) atoms. The van der Waals surface area contributed by atoms with Crippen LogP contribution in [0.2, 0.25) is 5.02 Å². The molecule has 2 amide bonds. The van der Waals surface area contributed by atoms with E-state index in [1.165, 1.54) is 0 Å². The number of halogens is 1. The van der Waals surface area contributed by atoms with Crippen molar-refractivity contribution in [2.75, 3.05) is 20.1 Å². The van der Waals surface area contributed by atoms with Gasteiger partial charge in [0.1, 0.15) is 0 Å². The molecular formula is C21H24ClN3O2. The van der Waals surface area contributed by atoms with Gasteiger partial charge in [-0.3, -0.25) is 14.6 Å². The average molecular weight is 386 g/mol. The molecule has 0 radical (unpaired) electrons. The Bertz CT molecular complexity index is 780. The second-order valence-electron chi connectivity index (χ2n) is 7.01. The Morgan fingerprint density at radius 2 is 2.04 bits per heavy atom. The number of nitrogens with zero attached hydrogens (tertiary/aromatic N) is 3. The van der Waals surface area contributed by atoms with Gasteiger partial charge in [-0.05, 0) is 42.2 Å². The van der Waals surface area contributed by atoms with Gasteiger partial charge in [-0.1, -0.05) is 29.8 Å². The summed E-state index contributed by atoms with van der Waals surface area (Å²) in [7, 11) is 1.81. The third-order valence-corrected chi connectivity index (χ3v) is 5.20. The number of likely N-dealkylation sites (tertiary alicyclic amines) is 1. The minimum absolute atomic E-state index is 0.0860. The number of hydrogen-bond donors (Lipinski definition) is 0. The molecule has 1 fully saturated rings. The SMILES string of the molecule is CN(Cc1cccnc1)C(=O)[C@H]1CCC(=O)N(CCc2ccc(Cl)cc2)C1. The molecule has 0 aliphatic carbocycles. The van der Waals surface area contributed by atoms with Gasteiger partial charge >= 0.3 is 0 Å². The van der Waals surface area contributed by atoms with Crippen molar-refractivity contribution in [1.29, 1.82) is 0 Å². The first kappa shape index (κ1) is 19.4. The van der Waals surface area contributed by atoms with Crippen molar-refractivity contribution in [3.8, 4) is 0 Å². The molecular weight excluding hydrogens is 362 g/mol. The Morgan fingerprint density at radius 3 is 2.74 bits per heavy atom. The van der Waals surface area contributed by atoms with Crippen LogP contribution in [0.3, 0.4) is 0 Å². The molecule has 2 heterocycles. The van der Waals surface area contributed by atoms with Gasteiger partial charge in [-0.2, -0.15) is 0 Å². The van der Waals surface area contributed by atoms with E-state index in [0.29, 0.717) is 37.5 Å². The van der Waals surface area contributed by atoms with Gasteiger partial charge in [0.15, 0.2) is 0 Å². The summed E-state index contributed by atoms with van der Waals surface area (Å²) >= 11 is 5.91. The number of hydrogen-bond acceptors (Lipinski definition) is 3. The number of rotatable bonds is 6. The summed E-state index contributed by atoms with van der Waals surface area (Å²) in [6.45, 7) is 1.64. The summed E-state index contributed by atoms with van der Waals surface area (Å²) in [5, 5.41) is 0.704. The number of amides is 2. The van der Waals surface area contributed by atoms with Crippen LogP contribution in [0.1, 0.15) is 24.0 Å². The molecule has 2 aromatic rings. The zero-order chi connectivity index (χ0) is 19.2. The number of piperidine rings is 1. The van der Waals surface area contributed by atoms with Crippen molar-refractivity contribution >= 4 is 23.4 Å². The van der Waals surface area contributed by atoms with Crippen LogP contribution >= 0.6 is 11.6 Å². The summed E-state index contributed by atoms with van der Waals surface area (Å²) < 4.78 is 0. The highest BCUT2D eigenvalue weighted by Crippen LogP contribution is 2.21. The Kier molecular flexibility index (Phi) is 6.45. The Hall–Kier alpha value is -2.40. The molecule has 1 aliphatic heterocycles. The number of benzene rings is 1. The quantitative estimate of drug-likeness (QED) is 0.767. The second kappa shape index (κ2) is 9.00. The molecule has 1 saturated heterocycles. The van der Waals surface area contributed by atoms with E-state index in [1.807, 2.05) is 48.3 Å². The van der Waals surface area contributed by atoms with E-state index in [2.05, 4.69) is 4.98 Å². The molecule has 0 spiro atoms. The van der Waals surface area contributed by atoms with Gasteiger partial charge in [-0.25, -0.2) is 0 Å². The predicted molar refractivity (Wildman–Crippen MR) is 105 cm³/mol. The van der Waals surface area contributed by atoms with Crippen LogP contribution in [0.4, 0.5) is 0 Å². The molecule has 0 N–H and O–H groups in total. The smallest absolute Gasteiger partial charge is 0.227 e. The van der Waals surface area contributed by atoms with E-state index >= 15 is 0 Å². The molecule has 3 rings (SSSR count). The number of aromatic nitrogens is 1. The molecule has 0 bridgehead atoms. The van der Waals surface area contributed by atoms with Crippen LogP contribution in [-0.4, -0.2) is 46.7 Å². The lowest BCUT2D eigenvalue weighted by atomic mass is 9.95. The molecule has 142 valence electrons. The van der Waals surface area contributed by atoms with Crippen molar-refractivity contribution in [3.63, 3.8) is 0 Å². The first-order valence-electron chi connectivity index (χ1n) is 9.19. The van der Waals surface area contributed by atoms with Gasteiger partial charge in [0.05, 0.1) is 5.92 Å². The number of carbonyl (C=O) groups is 2. The van der Waals surface area contributed by atoms with Crippen LogP contribution in [0.15, 0.2) is 48.8 Å². The predicted octanol–water partition coefficient (Wildman–Crippen LogP) is 3.17. The zero-order valence-corrected chi connectivity index (χ0v) is 16.2. The molecule has 0 unspecified atom stereocenters. The summed E-state index contributed by atoms with van der Waals surface area (Å²) in [5.41, 5.74) is 2.13. The maximum Gasteiger partial charge on any atom is 0.227 e. The van der Waals surface area contributed by atoms with E-state index in [1.54, 1.807) is 17.3 Å². The van der Waals surface area contributed by atoms with E-state index in [0.717, 1.165) is 17.5 Å². The van der Waals surface area contributed by atoms with Crippen LogP contribution < -0.4 is 0 Å². The van der Waals surface area contributed by atoms with Crippen molar-refractivity contribution in [1.82, 2.24) is 14.8 Å². The van der Waals surface area contributed by atoms with Gasteiger partial charge < -0.3 is 9.80 Å². The highest BCUT2D eigenvalue weighted by Gasteiger charge is 2.31. The topological polar surface area (TPSA) is 53.5 Å². The summed E-state index contributed by atoms with van der Waals surface area (Å²) in [5.74, 6) is 0.0698. The fraction of sp³-hybridized carbons (Fsp3) is 0.381. The molecule has 1 aliphatic rings. The fourth-order valence-electron chi connectivity index (χ4n) is 3.40. The first-order chi connectivity index (χ1) is 13.0.